The first-order chi connectivity index (χ1) is 6.81. The summed E-state index contributed by atoms with van der Waals surface area (Å²) in [6.45, 7) is 2.99. The Morgan fingerprint density at radius 1 is 0.933 bits per heavy atom. The number of hydrogen-bond donors (Lipinski definition) is 3. The molecule has 0 saturated carbocycles. The van der Waals surface area contributed by atoms with E-state index >= 15 is 0 Å². The van der Waals surface area contributed by atoms with Gasteiger partial charge in [-0.05, 0) is 0 Å². The minimum absolute atomic E-state index is 0.559. The average molecular weight is 238 g/mol. The van der Waals surface area contributed by atoms with Crippen LogP contribution in [0.1, 0.15) is 0 Å². The lowest BCUT2D eigenvalue weighted by atomic mass is 11.3. The lowest BCUT2D eigenvalue weighted by Crippen LogP contribution is -2.48. The van der Waals surface area contributed by atoms with Gasteiger partial charge in [0.1, 0.15) is 0 Å². The summed E-state index contributed by atoms with van der Waals surface area (Å²) in [6, 6.07) is 0. The lowest BCUT2D eigenvalue weighted by Gasteiger charge is -2.19. The van der Waals surface area contributed by atoms with Crippen molar-refractivity contribution < 1.29 is 43.0 Å². The van der Waals surface area contributed by atoms with Gasteiger partial charge in [-0.1, -0.05) is 6.58 Å². The van der Waals surface area contributed by atoms with Crippen LogP contribution in [0.4, 0.5) is 14.4 Å². The Bertz CT molecular complexity index is 256. The van der Waals surface area contributed by atoms with E-state index in [2.05, 4.69) is 19.9 Å². The maximum atomic E-state index is 10.2. The van der Waals surface area contributed by atoms with Gasteiger partial charge in [-0.2, -0.15) is 0 Å². The number of hydrogen-bond acceptors (Lipinski definition) is 6. The highest BCUT2D eigenvalue weighted by Gasteiger charge is 2.51. The highest BCUT2D eigenvalue weighted by atomic mass is 28.4. The first kappa shape index (κ1) is 12.8. The SMILES string of the molecule is C=C[Si](OC(=O)O)(OC(=O)O)OC(=O)O. The molecule has 0 saturated heterocycles. The van der Waals surface area contributed by atoms with Crippen LogP contribution in [0.5, 0.6) is 0 Å². The van der Waals surface area contributed by atoms with Gasteiger partial charge in [0.15, 0.2) is 0 Å². The molecule has 0 aromatic carbocycles. The Kier molecular flexibility index (Phi) is 4.13. The molecule has 0 unspecified atom stereocenters. The van der Waals surface area contributed by atoms with Crippen molar-refractivity contribution in [3.05, 3.63) is 12.3 Å². The summed E-state index contributed by atoms with van der Waals surface area (Å²) in [6.07, 6.45) is -5.82. The maximum Gasteiger partial charge on any atom is 0.741 e. The van der Waals surface area contributed by atoms with E-state index in [9.17, 15) is 14.4 Å². The first-order valence-corrected chi connectivity index (χ1v) is 5.01. The molecule has 15 heavy (non-hydrogen) atoms. The number of carbonyl (C=O) groups is 3. The molecule has 0 atom stereocenters. The van der Waals surface area contributed by atoms with Crippen molar-refractivity contribution in [3.63, 3.8) is 0 Å². The zero-order valence-electron chi connectivity index (χ0n) is 7.08. The average Bonchev–Trinajstić information content (AvgIpc) is 1.99. The Balaban J connectivity index is 4.90. The van der Waals surface area contributed by atoms with Crippen LogP contribution >= 0.6 is 0 Å². The molecule has 0 amide bonds. The highest BCUT2D eigenvalue weighted by molar-refractivity contribution is 6.70. The van der Waals surface area contributed by atoms with Gasteiger partial charge in [0.2, 0.25) is 0 Å². The fraction of sp³-hybridized carbons (Fsp3) is 0. The van der Waals surface area contributed by atoms with Crippen LogP contribution in [-0.2, 0) is 13.3 Å². The summed E-state index contributed by atoms with van der Waals surface area (Å²) in [5, 5.41) is 24.7. The minimum atomic E-state index is -4.49. The Morgan fingerprint density at radius 2 is 1.20 bits per heavy atom. The predicted octanol–water partition coefficient (Wildman–Crippen LogP) is 0.734. The minimum Gasteiger partial charge on any atom is -0.451 e. The number of rotatable bonds is 4. The molecule has 0 aromatic rings. The third kappa shape index (κ3) is 4.52. The fourth-order valence-electron chi connectivity index (χ4n) is 0.553. The standard InChI is InChI=1S/C5H6O9Si/c1-2-15(12-3(6)7,13-4(8)9)14-5(10)11/h2H,1H2,(H,6,7)(H,8,9)(H,10,11). The molecule has 0 aliphatic heterocycles. The van der Waals surface area contributed by atoms with Gasteiger partial charge in [0, 0.05) is 5.70 Å². The van der Waals surface area contributed by atoms with Crippen molar-refractivity contribution in [1.82, 2.24) is 0 Å². The zero-order chi connectivity index (χ0) is 12.1. The first-order valence-electron chi connectivity index (χ1n) is 3.20. The maximum absolute atomic E-state index is 10.2. The quantitative estimate of drug-likeness (QED) is 0.604. The van der Waals surface area contributed by atoms with Crippen molar-refractivity contribution in [3.8, 4) is 0 Å². The second kappa shape index (κ2) is 4.85. The van der Waals surface area contributed by atoms with E-state index in [0.29, 0.717) is 5.70 Å². The Labute approximate surface area is 83.5 Å². The van der Waals surface area contributed by atoms with E-state index in [4.69, 9.17) is 15.3 Å². The predicted molar refractivity (Wildman–Crippen MR) is 43.3 cm³/mol. The summed E-state index contributed by atoms with van der Waals surface area (Å²) < 4.78 is 11.8. The molecule has 0 aliphatic carbocycles. The van der Waals surface area contributed by atoms with Gasteiger partial charge in [-0.3, -0.25) is 0 Å². The van der Waals surface area contributed by atoms with Gasteiger partial charge < -0.3 is 28.6 Å². The van der Waals surface area contributed by atoms with E-state index in [1.165, 1.54) is 0 Å². The molecule has 0 heterocycles. The molecule has 0 rings (SSSR count). The van der Waals surface area contributed by atoms with Gasteiger partial charge in [-0.25, -0.2) is 14.4 Å². The monoisotopic (exact) mass is 238 g/mol. The van der Waals surface area contributed by atoms with Crippen LogP contribution < -0.4 is 0 Å². The molecule has 0 bridgehead atoms. The van der Waals surface area contributed by atoms with E-state index in [1.807, 2.05) is 0 Å². The fourth-order valence-corrected chi connectivity index (χ4v) is 1.66. The van der Waals surface area contributed by atoms with E-state index < -0.39 is 27.3 Å². The molecule has 84 valence electrons. The van der Waals surface area contributed by atoms with Gasteiger partial charge >= 0.3 is 27.3 Å². The molecule has 9 nitrogen and oxygen atoms in total. The topological polar surface area (TPSA) is 140 Å². The molecular weight excluding hydrogens is 232 g/mol. The van der Waals surface area contributed by atoms with Crippen molar-refractivity contribution >= 4 is 27.3 Å². The molecule has 0 radical (unpaired) electrons. The highest BCUT2D eigenvalue weighted by Crippen LogP contribution is 2.12. The molecule has 3 N–H and O–H groups in total. The van der Waals surface area contributed by atoms with Crippen LogP contribution in [0.15, 0.2) is 12.3 Å². The molecular formula is C5H6O9Si. The van der Waals surface area contributed by atoms with Gasteiger partial charge in [-0.15, -0.1) is 0 Å². The van der Waals surface area contributed by atoms with Gasteiger partial charge in [0.05, 0.1) is 0 Å². The largest absolute Gasteiger partial charge is 0.741 e. The molecule has 0 aromatic heterocycles. The lowest BCUT2D eigenvalue weighted by molar-refractivity contribution is 0.0635. The summed E-state index contributed by atoms with van der Waals surface area (Å²) in [7, 11) is -4.49. The molecule has 10 heteroatoms. The van der Waals surface area contributed by atoms with Crippen LogP contribution in [0.2, 0.25) is 0 Å². The van der Waals surface area contributed by atoms with Crippen molar-refractivity contribution in [2.24, 2.45) is 0 Å². The second-order valence-electron chi connectivity index (χ2n) is 1.91. The van der Waals surface area contributed by atoms with Crippen molar-refractivity contribution in [2.75, 3.05) is 0 Å². The van der Waals surface area contributed by atoms with Crippen LogP contribution in [0.3, 0.4) is 0 Å². The summed E-state index contributed by atoms with van der Waals surface area (Å²) in [5.41, 5.74) is 0.559. The van der Waals surface area contributed by atoms with E-state index in [1.54, 1.807) is 0 Å². The van der Waals surface area contributed by atoms with E-state index in [-0.39, 0.29) is 0 Å². The third-order valence-corrected chi connectivity index (χ3v) is 2.82. The van der Waals surface area contributed by atoms with Crippen LogP contribution in [0.25, 0.3) is 0 Å². The summed E-state index contributed by atoms with van der Waals surface area (Å²) in [5.74, 6) is 0. The Morgan fingerprint density at radius 3 is 1.33 bits per heavy atom. The van der Waals surface area contributed by atoms with Crippen LogP contribution in [0, 0.1) is 0 Å². The summed E-state index contributed by atoms with van der Waals surface area (Å²) >= 11 is 0. The zero-order valence-corrected chi connectivity index (χ0v) is 8.08. The molecule has 0 spiro atoms. The second-order valence-corrected chi connectivity index (χ2v) is 4.14. The van der Waals surface area contributed by atoms with Crippen LogP contribution in [-0.4, -0.2) is 42.6 Å². The van der Waals surface area contributed by atoms with Crippen molar-refractivity contribution in [1.29, 1.82) is 0 Å². The number of carboxylic acid groups (broad SMARTS) is 3. The summed E-state index contributed by atoms with van der Waals surface area (Å²) in [4.78, 5) is 30.5. The third-order valence-electron chi connectivity index (χ3n) is 0.939. The van der Waals surface area contributed by atoms with E-state index in [0.717, 1.165) is 0 Å². The normalized spacial score (nSPS) is 9.87. The van der Waals surface area contributed by atoms with Gasteiger partial charge in [0.25, 0.3) is 0 Å². The smallest absolute Gasteiger partial charge is 0.451 e. The van der Waals surface area contributed by atoms with Crippen molar-refractivity contribution in [2.45, 2.75) is 0 Å². The molecule has 0 aliphatic rings. The Hall–Kier alpha value is -2.23. The molecule has 0 fully saturated rings.